The summed E-state index contributed by atoms with van der Waals surface area (Å²) in [6, 6.07) is 3.72. The summed E-state index contributed by atoms with van der Waals surface area (Å²) >= 11 is 5.89. The van der Waals surface area contributed by atoms with E-state index in [1.54, 1.807) is 11.1 Å². The number of likely N-dealkylation sites (tertiary alicyclic amines) is 1. The fourth-order valence-corrected chi connectivity index (χ4v) is 3.54. The molecule has 0 saturated carbocycles. The zero-order valence-electron chi connectivity index (χ0n) is 16.2. The Kier molecular flexibility index (Phi) is 5.79. The standard InChI is InChI=1S/C19H27ClN4O3/c1-19(2,3)27-18(26)24-7-6-14(13-24)17(25)23-10-8-22(9-11-23)16-5-4-15(20)12-21-16/h4-5,12,14H,6-11,13H2,1-3H3. The molecule has 2 aliphatic rings. The van der Waals surface area contributed by atoms with Crippen molar-refractivity contribution in [2.24, 2.45) is 5.92 Å². The zero-order chi connectivity index (χ0) is 19.6. The number of carbonyl (C=O) groups is 2. The van der Waals surface area contributed by atoms with Gasteiger partial charge in [-0.1, -0.05) is 11.6 Å². The third kappa shape index (κ3) is 5.03. The monoisotopic (exact) mass is 394 g/mol. The van der Waals surface area contributed by atoms with Crippen LogP contribution in [0.3, 0.4) is 0 Å². The fourth-order valence-electron chi connectivity index (χ4n) is 3.42. The van der Waals surface area contributed by atoms with E-state index in [0.29, 0.717) is 37.6 Å². The van der Waals surface area contributed by atoms with Gasteiger partial charge in [0.15, 0.2) is 0 Å². The summed E-state index contributed by atoms with van der Waals surface area (Å²) < 4.78 is 5.41. The Hall–Kier alpha value is -2.02. The maximum absolute atomic E-state index is 12.8. The first kappa shape index (κ1) is 19.7. The van der Waals surface area contributed by atoms with Crippen LogP contribution >= 0.6 is 11.6 Å². The van der Waals surface area contributed by atoms with Gasteiger partial charge in [0.25, 0.3) is 0 Å². The fraction of sp³-hybridized carbons (Fsp3) is 0.632. The molecular weight excluding hydrogens is 368 g/mol. The molecule has 8 heteroatoms. The Morgan fingerprint density at radius 3 is 2.41 bits per heavy atom. The summed E-state index contributed by atoms with van der Waals surface area (Å²) in [6.07, 6.45) is 1.99. The molecule has 2 aliphatic heterocycles. The van der Waals surface area contributed by atoms with Gasteiger partial charge in [-0.3, -0.25) is 4.79 Å². The first-order valence-corrected chi connectivity index (χ1v) is 9.74. The van der Waals surface area contributed by atoms with Gasteiger partial charge in [-0.25, -0.2) is 9.78 Å². The van der Waals surface area contributed by atoms with E-state index in [1.807, 2.05) is 37.8 Å². The SMILES string of the molecule is CC(C)(C)OC(=O)N1CCC(C(=O)N2CCN(c3ccc(Cl)cn3)CC2)C1. The van der Waals surface area contributed by atoms with Crippen molar-refractivity contribution in [3.05, 3.63) is 23.4 Å². The van der Waals surface area contributed by atoms with Crippen LogP contribution in [-0.4, -0.2) is 71.7 Å². The molecule has 3 rings (SSSR count). The van der Waals surface area contributed by atoms with Gasteiger partial charge in [-0.15, -0.1) is 0 Å². The highest BCUT2D eigenvalue weighted by Crippen LogP contribution is 2.23. The minimum Gasteiger partial charge on any atom is -0.444 e. The van der Waals surface area contributed by atoms with Crippen LogP contribution in [0.2, 0.25) is 5.02 Å². The molecule has 2 amide bonds. The second kappa shape index (κ2) is 7.92. The molecule has 0 radical (unpaired) electrons. The van der Waals surface area contributed by atoms with Crippen molar-refractivity contribution in [1.82, 2.24) is 14.8 Å². The highest BCUT2D eigenvalue weighted by Gasteiger charge is 2.36. The number of nitrogens with zero attached hydrogens (tertiary/aromatic N) is 4. The maximum Gasteiger partial charge on any atom is 0.410 e. The lowest BCUT2D eigenvalue weighted by molar-refractivity contribution is -0.135. The van der Waals surface area contributed by atoms with Gasteiger partial charge in [0.1, 0.15) is 11.4 Å². The molecule has 7 nitrogen and oxygen atoms in total. The van der Waals surface area contributed by atoms with E-state index in [-0.39, 0.29) is 17.9 Å². The molecule has 1 aromatic heterocycles. The van der Waals surface area contributed by atoms with Crippen molar-refractivity contribution in [2.75, 3.05) is 44.2 Å². The Morgan fingerprint density at radius 1 is 1.11 bits per heavy atom. The predicted molar refractivity (Wildman–Crippen MR) is 104 cm³/mol. The molecule has 0 aliphatic carbocycles. The summed E-state index contributed by atoms with van der Waals surface area (Å²) in [4.78, 5) is 35.1. The third-order valence-electron chi connectivity index (χ3n) is 4.82. The van der Waals surface area contributed by atoms with Gasteiger partial charge >= 0.3 is 6.09 Å². The van der Waals surface area contributed by atoms with Gasteiger partial charge in [0, 0.05) is 45.5 Å². The minimum absolute atomic E-state index is 0.129. The van der Waals surface area contributed by atoms with Crippen molar-refractivity contribution < 1.29 is 14.3 Å². The first-order valence-electron chi connectivity index (χ1n) is 9.36. The average molecular weight is 395 g/mol. The molecular formula is C19H27ClN4O3. The molecule has 0 N–H and O–H groups in total. The van der Waals surface area contributed by atoms with E-state index in [0.717, 1.165) is 18.9 Å². The van der Waals surface area contributed by atoms with Gasteiger partial charge in [0.2, 0.25) is 5.91 Å². The number of rotatable bonds is 2. The van der Waals surface area contributed by atoms with Crippen LogP contribution < -0.4 is 4.90 Å². The number of carbonyl (C=O) groups excluding carboxylic acids is 2. The van der Waals surface area contributed by atoms with E-state index in [9.17, 15) is 9.59 Å². The molecule has 148 valence electrons. The summed E-state index contributed by atoms with van der Waals surface area (Å²) in [5.74, 6) is 0.867. The topological polar surface area (TPSA) is 66.0 Å². The Morgan fingerprint density at radius 2 is 1.81 bits per heavy atom. The molecule has 0 bridgehead atoms. The zero-order valence-corrected chi connectivity index (χ0v) is 16.9. The summed E-state index contributed by atoms with van der Waals surface area (Å²) in [6.45, 7) is 9.34. The molecule has 1 unspecified atom stereocenters. The van der Waals surface area contributed by atoms with Crippen molar-refractivity contribution in [3.63, 3.8) is 0 Å². The van der Waals surface area contributed by atoms with Crippen LogP contribution in [-0.2, 0) is 9.53 Å². The summed E-state index contributed by atoms with van der Waals surface area (Å²) in [7, 11) is 0. The van der Waals surface area contributed by atoms with Crippen molar-refractivity contribution in [2.45, 2.75) is 32.8 Å². The Balaban J connectivity index is 1.50. The van der Waals surface area contributed by atoms with Crippen LogP contribution in [0.15, 0.2) is 18.3 Å². The van der Waals surface area contributed by atoms with Crippen molar-refractivity contribution >= 4 is 29.4 Å². The van der Waals surface area contributed by atoms with E-state index in [2.05, 4.69) is 9.88 Å². The Bertz CT molecular complexity index is 681. The number of hydrogen-bond acceptors (Lipinski definition) is 5. The maximum atomic E-state index is 12.8. The molecule has 3 heterocycles. The van der Waals surface area contributed by atoms with Gasteiger partial charge < -0.3 is 19.4 Å². The van der Waals surface area contributed by atoms with Crippen molar-refractivity contribution in [3.8, 4) is 0 Å². The van der Waals surface area contributed by atoms with E-state index in [4.69, 9.17) is 16.3 Å². The summed E-state index contributed by atoms with van der Waals surface area (Å²) in [5.41, 5.74) is -0.523. The number of aromatic nitrogens is 1. The molecule has 2 saturated heterocycles. The lowest BCUT2D eigenvalue weighted by atomic mass is 10.1. The highest BCUT2D eigenvalue weighted by atomic mass is 35.5. The largest absolute Gasteiger partial charge is 0.444 e. The average Bonchev–Trinajstić information content (AvgIpc) is 3.11. The Labute approximate surface area is 165 Å². The van der Waals surface area contributed by atoms with E-state index < -0.39 is 5.60 Å². The normalized spacial score (nSPS) is 20.7. The van der Waals surface area contributed by atoms with Crippen molar-refractivity contribution in [1.29, 1.82) is 0 Å². The summed E-state index contributed by atoms with van der Waals surface area (Å²) in [5, 5.41) is 0.614. The number of halogens is 1. The van der Waals surface area contributed by atoms with E-state index >= 15 is 0 Å². The second-order valence-electron chi connectivity index (χ2n) is 8.06. The van der Waals surface area contributed by atoms with Gasteiger partial charge in [-0.05, 0) is 39.3 Å². The number of piperazine rings is 1. The van der Waals surface area contributed by atoms with Crippen LogP contribution in [0.4, 0.5) is 10.6 Å². The minimum atomic E-state index is -0.523. The molecule has 2 fully saturated rings. The quantitative estimate of drug-likeness (QED) is 0.771. The van der Waals surface area contributed by atoms with Crippen LogP contribution in [0, 0.1) is 5.92 Å². The molecule has 0 aromatic carbocycles. The highest BCUT2D eigenvalue weighted by molar-refractivity contribution is 6.30. The lowest BCUT2D eigenvalue weighted by Gasteiger charge is -2.36. The van der Waals surface area contributed by atoms with Crippen LogP contribution in [0.25, 0.3) is 0 Å². The lowest BCUT2D eigenvalue weighted by Crippen LogP contribution is -2.51. The molecule has 1 atom stereocenters. The number of amides is 2. The number of anilines is 1. The molecule has 1 aromatic rings. The van der Waals surface area contributed by atoms with Crippen LogP contribution in [0.5, 0.6) is 0 Å². The smallest absolute Gasteiger partial charge is 0.410 e. The van der Waals surface area contributed by atoms with Gasteiger partial charge in [-0.2, -0.15) is 0 Å². The molecule has 27 heavy (non-hydrogen) atoms. The van der Waals surface area contributed by atoms with Crippen LogP contribution in [0.1, 0.15) is 27.2 Å². The number of hydrogen-bond donors (Lipinski definition) is 0. The predicted octanol–water partition coefficient (Wildman–Crippen LogP) is 2.64. The van der Waals surface area contributed by atoms with E-state index in [1.165, 1.54) is 0 Å². The number of pyridine rings is 1. The number of ether oxygens (including phenoxy) is 1. The van der Waals surface area contributed by atoms with Gasteiger partial charge in [0.05, 0.1) is 10.9 Å². The second-order valence-corrected chi connectivity index (χ2v) is 8.50. The third-order valence-corrected chi connectivity index (χ3v) is 5.04. The first-order chi connectivity index (χ1) is 12.7. The molecule has 0 spiro atoms.